The van der Waals surface area contributed by atoms with Gasteiger partial charge in [-0.05, 0) is 62.2 Å². The highest BCUT2D eigenvalue weighted by molar-refractivity contribution is 5.64. The second kappa shape index (κ2) is 8.21. The molecule has 0 unspecified atom stereocenters. The van der Waals surface area contributed by atoms with E-state index in [-0.39, 0.29) is 6.04 Å². The summed E-state index contributed by atoms with van der Waals surface area (Å²) in [6.45, 7) is 15.6. The Morgan fingerprint density at radius 3 is 2.17 bits per heavy atom. The fourth-order valence-corrected chi connectivity index (χ4v) is 3.72. The van der Waals surface area contributed by atoms with Crippen molar-refractivity contribution >= 4 is 6.09 Å². The summed E-state index contributed by atoms with van der Waals surface area (Å²) >= 11 is 0. The van der Waals surface area contributed by atoms with Crippen LogP contribution in [0.5, 0.6) is 0 Å². The predicted octanol–water partition coefficient (Wildman–Crippen LogP) is 5.71. The van der Waals surface area contributed by atoms with Crippen molar-refractivity contribution in [3.8, 4) is 0 Å². The van der Waals surface area contributed by atoms with Crippen LogP contribution in [0.2, 0.25) is 0 Å². The van der Waals surface area contributed by atoms with E-state index in [4.69, 9.17) is 5.11 Å². The zero-order valence-corrected chi connectivity index (χ0v) is 16.1. The second-order valence-corrected chi connectivity index (χ2v) is 8.93. The van der Waals surface area contributed by atoms with Crippen molar-refractivity contribution < 1.29 is 9.90 Å². The summed E-state index contributed by atoms with van der Waals surface area (Å²) in [4.78, 5) is 10.6. The summed E-state index contributed by atoms with van der Waals surface area (Å²) in [7, 11) is 0. The Bertz CT molecular complexity index is 421. The molecule has 2 aliphatic carbocycles. The highest BCUT2D eigenvalue weighted by Gasteiger charge is 2.43. The summed E-state index contributed by atoms with van der Waals surface area (Å²) in [5, 5.41) is 11.4. The van der Waals surface area contributed by atoms with Crippen molar-refractivity contribution in [2.24, 2.45) is 29.1 Å². The van der Waals surface area contributed by atoms with Crippen molar-refractivity contribution in [1.82, 2.24) is 5.32 Å². The van der Waals surface area contributed by atoms with E-state index in [0.717, 1.165) is 18.8 Å². The number of rotatable bonds is 3. The molecule has 23 heavy (non-hydrogen) atoms. The van der Waals surface area contributed by atoms with E-state index in [2.05, 4.69) is 59.9 Å². The Hall–Kier alpha value is -0.990. The van der Waals surface area contributed by atoms with E-state index in [1.165, 1.54) is 18.4 Å². The quantitative estimate of drug-likeness (QED) is 0.653. The van der Waals surface area contributed by atoms with Crippen LogP contribution in [0, 0.1) is 29.1 Å². The Balaban J connectivity index is 0.000000253. The van der Waals surface area contributed by atoms with Gasteiger partial charge in [0.15, 0.2) is 0 Å². The average Bonchev–Trinajstić information content (AvgIpc) is 2.94. The Morgan fingerprint density at radius 1 is 1.26 bits per heavy atom. The van der Waals surface area contributed by atoms with Crippen LogP contribution in [0.15, 0.2) is 11.6 Å². The molecule has 0 saturated heterocycles. The molecule has 2 saturated carbocycles. The van der Waals surface area contributed by atoms with Gasteiger partial charge in [-0.3, -0.25) is 0 Å². The minimum Gasteiger partial charge on any atom is -0.465 e. The van der Waals surface area contributed by atoms with Crippen molar-refractivity contribution in [1.29, 1.82) is 0 Å². The minimum atomic E-state index is -0.880. The van der Waals surface area contributed by atoms with Crippen LogP contribution >= 0.6 is 0 Å². The van der Waals surface area contributed by atoms with Crippen LogP contribution in [0.4, 0.5) is 4.79 Å². The maximum atomic E-state index is 10.6. The molecule has 0 aromatic rings. The molecule has 2 rings (SSSR count). The summed E-state index contributed by atoms with van der Waals surface area (Å²) < 4.78 is 0. The Kier molecular flexibility index (Phi) is 7.16. The van der Waals surface area contributed by atoms with E-state index >= 15 is 0 Å². The number of carboxylic acid groups (broad SMARTS) is 1. The summed E-state index contributed by atoms with van der Waals surface area (Å²) in [5.41, 5.74) is 2.09. The van der Waals surface area contributed by atoms with Gasteiger partial charge in [0, 0.05) is 6.04 Å². The molecular weight excluding hydrogens is 286 g/mol. The van der Waals surface area contributed by atoms with E-state index in [0.29, 0.717) is 23.2 Å². The molecule has 0 radical (unpaired) electrons. The number of carbonyl (C=O) groups is 1. The SMILES string of the molecule is CC(C)=C[C@H]1CC1(C)C.CC(C)[C@@H]1CC[C@@H](C)C[C@H]1NC(=O)O. The molecule has 3 heteroatoms. The van der Waals surface area contributed by atoms with Crippen LogP contribution in [-0.2, 0) is 0 Å². The molecule has 1 amide bonds. The van der Waals surface area contributed by atoms with Crippen molar-refractivity contribution in [2.75, 3.05) is 0 Å². The van der Waals surface area contributed by atoms with Crippen LogP contribution in [0.1, 0.15) is 74.1 Å². The summed E-state index contributed by atoms with van der Waals surface area (Å²) in [6.07, 6.45) is 6.28. The van der Waals surface area contributed by atoms with Crippen molar-refractivity contribution in [3.63, 3.8) is 0 Å². The summed E-state index contributed by atoms with van der Waals surface area (Å²) in [5.74, 6) is 2.62. The minimum absolute atomic E-state index is 0.163. The van der Waals surface area contributed by atoms with Crippen molar-refractivity contribution in [3.05, 3.63) is 11.6 Å². The standard InChI is InChI=1S/C11H21NO2.C9H16/c1-7(2)9-5-4-8(3)6-10(9)12-11(13)14;1-7(2)5-8-6-9(8,3)4/h7-10,12H,4-6H2,1-3H3,(H,13,14);5,8H,6H2,1-4H3/t8-,9+,10-;8-/m10/s1. The first-order valence-corrected chi connectivity index (χ1v) is 9.17. The lowest BCUT2D eigenvalue weighted by Gasteiger charge is -2.37. The van der Waals surface area contributed by atoms with Crippen LogP contribution in [-0.4, -0.2) is 17.2 Å². The van der Waals surface area contributed by atoms with Gasteiger partial charge < -0.3 is 10.4 Å². The Morgan fingerprint density at radius 2 is 1.83 bits per heavy atom. The normalized spacial score (nSPS) is 31.7. The number of nitrogens with one attached hydrogen (secondary N) is 1. The lowest BCUT2D eigenvalue weighted by Crippen LogP contribution is -2.45. The van der Waals surface area contributed by atoms with E-state index in [1.54, 1.807) is 0 Å². The van der Waals surface area contributed by atoms with Gasteiger partial charge in [0.25, 0.3) is 0 Å². The molecule has 2 N–H and O–H groups in total. The molecule has 0 aromatic carbocycles. The fraction of sp³-hybridized carbons (Fsp3) is 0.850. The fourth-order valence-electron chi connectivity index (χ4n) is 3.72. The smallest absolute Gasteiger partial charge is 0.404 e. The third-order valence-corrected chi connectivity index (χ3v) is 5.46. The Labute approximate surface area is 142 Å². The zero-order valence-electron chi connectivity index (χ0n) is 16.1. The van der Waals surface area contributed by atoms with E-state index in [1.807, 2.05) is 0 Å². The lowest BCUT2D eigenvalue weighted by molar-refractivity contribution is 0.147. The van der Waals surface area contributed by atoms with E-state index in [9.17, 15) is 4.79 Å². The van der Waals surface area contributed by atoms with Crippen LogP contribution < -0.4 is 5.32 Å². The first kappa shape index (κ1) is 20.1. The van der Waals surface area contributed by atoms with Gasteiger partial charge in [0.2, 0.25) is 0 Å². The molecule has 0 bridgehead atoms. The molecule has 2 fully saturated rings. The molecule has 2 aliphatic rings. The highest BCUT2D eigenvalue weighted by Crippen LogP contribution is 2.52. The third kappa shape index (κ3) is 6.97. The first-order chi connectivity index (χ1) is 10.5. The number of allylic oxidation sites excluding steroid dienone is 2. The molecule has 0 aromatic heterocycles. The van der Waals surface area contributed by atoms with Gasteiger partial charge in [0.05, 0.1) is 0 Å². The maximum Gasteiger partial charge on any atom is 0.404 e. The van der Waals surface area contributed by atoms with Gasteiger partial charge in [-0.25, -0.2) is 4.79 Å². The number of amides is 1. The average molecular weight is 324 g/mol. The third-order valence-electron chi connectivity index (χ3n) is 5.46. The zero-order chi connectivity index (χ0) is 17.8. The first-order valence-electron chi connectivity index (χ1n) is 9.17. The van der Waals surface area contributed by atoms with E-state index < -0.39 is 6.09 Å². The molecule has 4 atom stereocenters. The molecular formula is C20H37NO2. The predicted molar refractivity (Wildman–Crippen MR) is 97.6 cm³/mol. The highest BCUT2D eigenvalue weighted by atomic mass is 16.4. The van der Waals surface area contributed by atoms with Crippen LogP contribution in [0.3, 0.4) is 0 Å². The number of hydrogen-bond acceptors (Lipinski definition) is 1. The second-order valence-electron chi connectivity index (χ2n) is 8.93. The van der Waals surface area contributed by atoms with Gasteiger partial charge in [-0.2, -0.15) is 0 Å². The largest absolute Gasteiger partial charge is 0.465 e. The van der Waals surface area contributed by atoms with Gasteiger partial charge in [-0.15, -0.1) is 0 Å². The maximum absolute atomic E-state index is 10.6. The lowest BCUT2D eigenvalue weighted by atomic mass is 9.74. The molecule has 0 aliphatic heterocycles. The number of hydrogen-bond donors (Lipinski definition) is 2. The monoisotopic (exact) mass is 323 g/mol. The van der Waals surface area contributed by atoms with Gasteiger partial charge in [0.1, 0.15) is 0 Å². The molecule has 0 spiro atoms. The van der Waals surface area contributed by atoms with Crippen LogP contribution in [0.25, 0.3) is 0 Å². The topological polar surface area (TPSA) is 49.3 Å². The van der Waals surface area contributed by atoms with Gasteiger partial charge in [-0.1, -0.05) is 52.7 Å². The molecule has 0 heterocycles. The van der Waals surface area contributed by atoms with Gasteiger partial charge >= 0.3 is 6.09 Å². The van der Waals surface area contributed by atoms with Crippen molar-refractivity contribution in [2.45, 2.75) is 80.2 Å². The molecule has 3 nitrogen and oxygen atoms in total. The summed E-state index contributed by atoms with van der Waals surface area (Å²) in [6, 6.07) is 0.163. The molecule has 134 valence electrons.